The summed E-state index contributed by atoms with van der Waals surface area (Å²) in [5.41, 5.74) is 3.27. The predicted octanol–water partition coefficient (Wildman–Crippen LogP) is 4.68. The highest BCUT2D eigenvalue weighted by Crippen LogP contribution is 2.22. The molecule has 0 aliphatic carbocycles. The maximum absolute atomic E-state index is 12.7. The molecule has 3 aromatic carbocycles. The van der Waals surface area contributed by atoms with E-state index in [1.165, 1.54) is 49.7 Å². The number of hydrogen-bond acceptors (Lipinski definition) is 5. The Hall–Kier alpha value is -2.88. The summed E-state index contributed by atoms with van der Waals surface area (Å²) in [5, 5.41) is 4.37. The van der Waals surface area contributed by atoms with Crippen molar-refractivity contribution in [2.75, 3.05) is 11.8 Å². The van der Waals surface area contributed by atoms with Crippen molar-refractivity contribution >= 4 is 55.4 Å². The van der Waals surface area contributed by atoms with E-state index in [0.717, 1.165) is 4.47 Å². The lowest BCUT2D eigenvalue weighted by Gasteiger charge is -2.12. The summed E-state index contributed by atoms with van der Waals surface area (Å²) in [6.45, 7) is 0. The van der Waals surface area contributed by atoms with Crippen LogP contribution in [0.15, 0.2) is 81.2 Å². The minimum atomic E-state index is -3.91. The monoisotopic (exact) mass is 521 g/mol. The number of benzene rings is 3. The molecule has 0 unspecified atom stereocenters. The van der Waals surface area contributed by atoms with E-state index in [-0.39, 0.29) is 16.1 Å². The summed E-state index contributed by atoms with van der Waals surface area (Å²) in [5.74, 6) is -0.00283. The number of halogens is 2. The van der Waals surface area contributed by atoms with Crippen molar-refractivity contribution in [1.82, 2.24) is 5.43 Å². The molecule has 0 spiro atoms. The quantitative estimate of drug-likeness (QED) is 0.348. The number of methoxy groups -OCH3 is 1. The Morgan fingerprint density at radius 2 is 1.81 bits per heavy atom. The van der Waals surface area contributed by atoms with E-state index in [9.17, 15) is 13.2 Å². The number of carbonyl (C=O) groups excluding carboxylic acids is 1. The number of amides is 1. The number of sulfonamides is 1. The topological polar surface area (TPSA) is 96.9 Å². The first-order valence-electron chi connectivity index (χ1n) is 8.84. The van der Waals surface area contributed by atoms with E-state index in [0.29, 0.717) is 16.3 Å². The van der Waals surface area contributed by atoms with Gasteiger partial charge in [0.1, 0.15) is 5.75 Å². The maximum Gasteiger partial charge on any atom is 0.273 e. The molecule has 0 aliphatic heterocycles. The Morgan fingerprint density at radius 3 is 2.52 bits per heavy atom. The number of hydrogen-bond donors (Lipinski definition) is 2. The highest BCUT2D eigenvalue weighted by molar-refractivity contribution is 9.10. The standard InChI is InChI=1S/C21H17BrClN3O4S/c1-30-20-11-6-15(22)12-14(20)13-24-25-21(27)18-4-2-3-5-19(18)26-31(28,29)17-9-7-16(23)8-10-17/h2-13,26H,1H3,(H,25,27)/b24-13-. The van der Waals surface area contributed by atoms with Crippen LogP contribution in [0.5, 0.6) is 5.75 Å². The van der Waals surface area contributed by atoms with E-state index in [1.54, 1.807) is 24.3 Å². The molecule has 0 saturated carbocycles. The molecule has 0 aromatic heterocycles. The van der Waals surface area contributed by atoms with Crippen molar-refractivity contribution in [2.45, 2.75) is 4.90 Å². The van der Waals surface area contributed by atoms with Gasteiger partial charge in [-0.15, -0.1) is 0 Å². The van der Waals surface area contributed by atoms with E-state index in [1.807, 2.05) is 6.07 Å². The number of nitrogens with one attached hydrogen (secondary N) is 2. The number of carbonyl (C=O) groups is 1. The second-order valence-corrected chi connectivity index (χ2v) is 9.22. The van der Waals surface area contributed by atoms with Crippen LogP contribution in [0.2, 0.25) is 5.02 Å². The summed E-state index contributed by atoms with van der Waals surface area (Å²) < 4.78 is 33.8. The molecule has 160 valence electrons. The van der Waals surface area contributed by atoms with Crippen molar-refractivity contribution < 1.29 is 17.9 Å². The third-order valence-corrected chi connectivity index (χ3v) is 6.23. The van der Waals surface area contributed by atoms with Crippen LogP contribution in [0.3, 0.4) is 0 Å². The molecule has 0 bridgehead atoms. The van der Waals surface area contributed by atoms with E-state index in [2.05, 4.69) is 31.2 Å². The van der Waals surface area contributed by atoms with Crippen molar-refractivity contribution in [3.63, 3.8) is 0 Å². The maximum atomic E-state index is 12.7. The number of hydrazone groups is 1. The van der Waals surface area contributed by atoms with Gasteiger partial charge in [0.05, 0.1) is 29.5 Å². The van der Waals surface area contributed by atoms with Crippen LogP contribution in [-0.4, -0.2) is 27.6 Å². The second kappa shape index (κ2) is 9.95. The zero-order valence-electron chi connectivity index (χ0n) is 16.2. The Kier molecular flexibility index (Phi) is 7.32. The van der Waals surface area contributed by atoms with E-state index >= 15 is 0 Å². The highest BCUT2D eigenvalue weighted by Gasteiger charge is 2.18. The number of para-hydroxylation sites is 1. The molecule has 0 aliphatic rings. The van der Waals surface area contributed by atoms with Crippen molar-refractivity contribution in [3.8, 4) is 5.75 Å². The lowest BCUT2D eigenvalue weighted by atomic mass is 10.2. The predicted molar refractivity (Wildman–Crippen MR) is 124 cm³/mol. The molecule has 3 aromatic rings. The molecular formula is C21H17BrClN3O4S. The van der Waals surface area contributed by atoms with Crippen LogP contribution >= 0.6 is 27.5 Å². The first-order valence-corrected chi connectivity index (χ1v) is 11.5. The molecule has 1 amide bonds. The van der Waals surface area contributed by atoms with Gasteiger partial charge in [-0.1, -0.05) is 39.7 Å². The Labute approximate surface area is 193 Å². The zero-order chi connectivity index (χ0) is 22.4. The van der Waals surface area contributed by atoms with Gasteiger partial charge in [0.25, 0.3) is 15.9 Å². The van der Waals surface area contributed by atoms with Crippen LogP contribution in [0.1, 0.15) is 15.9 Å². The molecule has 0 saturated heterocycles. The van der Waals surface area contributed by atoms with Crippen LogP contribution in [0.4, 0.5) is 5.69 Å². The fraction of sp³-hybridized carbons (Fsp3) is 0.0476. The summed E-state index contributed by atoms with van der Waals surface area (Å²) in [6, 6.07) is 17.3. The molecule has 0 radical (unpaired) electrons. The van der Waals surface area contributed by atoms with Crippen LogP contribution in [-0.2, 0) is 10.0 Å². The van der Waals surface area contributed by atoms with Crippen LogP contribution in [0.25, 0.3) is 0 Å². The molecule has 3 rings (SSSR count). The van der Waals surface area contributed by atoms with Gasteiger partial charge in [0.2, 0.25) is 0 Å². The van der Waals surface area contributed by atoms with Gasteiger partial charge in [-0.25, -0.2) is 13.8 Å². The fourth-order valence-electron chi connectivity index (χ4n) is 2.61. The molecular weight excluding hydrogens is 506 g/mol. The summed E-state index contributed by atoms with van der Waals surface area (Å²) >= 11 is 9.18. The van der Waals surface area contributed by atoms with E-state index < -0.39 is 15.9 Å². The molecule has 7 nitrogen and oxygen atoms in total. The number of anilines is 1. The average molecular weight is 523 g/mol. The highest BCUT2D eigenvalue weighted by atomic mass is 79.9. The summed E-state index contributed by atoms with van der Waals surface area (Å²) in [4.78, 5) is 12.6. The lowest BCUT2D eigenvalue weighted by Crippen LogP contribution is -2.21. The Morgan fingerprint density at radius 1 is 1.10 bits per heavy atom. The summed E-state index contributed by atoms with van der Waals surface area (Å²) in [7, 11) is -2.38. The minimum absolute atomic E-state index is 0.0203. The van der Waals surface area contributed by atoms with Gasteiger partial charge >= 0.3 is 0 Å². The number of rotatable bonds is 7. The number of ether oxygens (including phenoxy) is 1. The third-order valence-electron chi connectivity index (χ3n) is 4.10. The van der Waals surface area contributed by atoms with Gasteiger partial charge in [-0.2, -0.15) is 5.10 Å². The lowest BCUT2D eigenvalue weighted by molar-refractivity contribution is 0.0956. The largest absolute Gasteiger partial charge is 0.496 e. The molecule has 10 heteroatoms. The molecule has 31 heavy (non-hydrogen) atoms. The third kappa shape index (κ3) is 5.84. The minimum Gasteiger partial charge on any atom is -0.496 e. The van der Waals surface area contributed by atoms with Gasteiger partial charge in [0, 0.05) is 15.1 Å². The van der Waals surface area contributed by atoms with E-state index in [4.69, 9.17) is 16.3 Å². The smallest absolute Gasteiger partial charge is 0.273 e. The molecule has 2 N–H and O–H groups in total. The van der Waals surface area contributed by atoms with Gasteiger partial charge < -0.3 is 4.74 Å². The normalized spacial score (nSPS) is 11.3. The number of nitrogens with zero attached hydrogens (tertiary/aromatic N) is 1. The zero-order valence-corrected chi connectivity index (χ0v) is 19.3. The fourth-order valence-corrected chi connectivity index (χ4v) is 4.20. The van der Waals surface area contributed by atoms with Gasteiger partial charge in [-0.3, -0.25) is 9.52 Å². The van der Waals surface area contributed by atoms with Crippen LogP contribution < -0.4 is 14.9 Å². The Bertz CT molecular complexity index is 1230. The van der Waals surface area contributed by atoms with Crippen molar-refractivity contribution in [2.24, 2.45) is 5.10 Å². The first-order chi connectivity index (χ1) is 14.8. The van der Waals surface area contributed by atoms with Crippen molar-refractivity contribution in [3.05, 3.63) is 87.4 Å². The van der Waals surface area contributed by atoms with Crippen LogP contribution in [0, 0.1) is 0 Å². The molecule has 0 fully saturated rings. The Balaban J connectivity index is 1.79. The molecule has 0 atom stereocenters. The molecule has 0 heterocycles. The second-order valence-electron chi connectivity index (χ2n) is 6.19. The van der Waals surface area contributed by atoms with Crippen molar-refractivity contribution in [1.29, 1.82) is 0 Å². The summed E-state index contributed by atoms with van der Waals surface area (Å²) in [6.07, 6.45) is 1.43. The average Bonchev–Trinajstić information content (AvgIpc) is 2.74. The SMILES string of the molecule is COc1ccc(Br)cc1/C=N\NC(=O)c1ccccc1NS(=O)(=O)c1ccc(Cl)cc1. The first kappa shape index (κ1) is 22.8. The van der Waals surface area contributed by atoms with Gasteiger partial charge in [-0.05, 0) is 54.6 Å². The van der Waals surface area contributed by atoms with Gasteiger partial charge in [0.15, 0.2) is 0 Å².